The first-order chi connectivity index (χ1) is 10.3. The van der Waals surface area contributed by atoms with Gasteiger partial charge in [0.05, 0.1) is 0 Å². The van der Waals surface area contributed by atoms with Crippen molar-refractivity contribution in [2.45, 2.75) is 38.8 Å². The Kier molecular flexibility index (Phi) is 3.89. The summed E-state index contributed by atoms with van der Waals surface area (Å²) in [6.45, 7) is 5.42. The van der Waals surface area contributed by atoms with E-state index in [1.54, 1.807) is 0 Å². The van der Waals surface area contributed by atoms with Crippen molar-refractivity contribution in [3.63, 3.8) is 0 Å². The van der Waals surface area contributed by atoms with Crippen LogP contribution < -0.4 is 5.32 Å². The number of aliphatic imine (C=N–C) groups is 1. The van der Waals surface area contributed by atoms with Crippen LogP contribution in [0.5, 0.6) is 0 Å². The molecular weight excluding hydrogens is 260 g/mol. The fourth-order valence-electron chi connectivity index (χ4n) is 4.87. The van der Waals surface area contributed by atoms with Gasteiger partial charge in [0.25, 0.3) is 0 Å². The van der Waals surface area contributed by atoms with Gasteiger partial charge in [0.1, 0.15) is 6.17 Å². The summed E-state index contributed by atoms with van der Waals surface area (Å²) in [5.74, 6) is 4.45. The standard InChI is InChI=1S/C18H28N2O/c1-12-2-4-13(5-3-12)15-8-16-17(14-6-7-21-11-14)10-20-18(16)19-9-15/h2,4,9,12-18,20H,3,5-8,10-11H2,1H3. The van der Waals surface area contributed by atoms with E-state index in [2.05, 4.69) is 30.6 Å². The van der Waals surface area contributed by atoms with E-state index in [-0.39, 0.29) is 0 Å². The summed E-state index contributed by atoms with van der Waals surface area (Å²) >= 11 is 0. The van der Waals surface area contributed by atoms with Gasteiger partial charge in [-0.15, -0.1) is 0 Å². The van der Waals surface area contributed by atoms with E-state index in [0.717, 1.165) is 49.3 Å². The Morgan fingerprint density at radius 3 is 2.81 bits per heavy atom. The maximum Gasteiger partial charge on any atom is 0.102 e. The molecule has 2 saturated heterocycles. The maximum atomic E-state index is 5.63. The van der Waals surface area contributed by atoms with Crippen LogP contribution in [0.2, 0.25) is 0 Å². The number of hydrogen-bond acceptors (Lipinski definition) is 3. The average Bonchev–Trinajstić information content (AvgIpc) is 3.16. The Hall–Kier alpha value is -0.670. The lowest BCUT2D eigenvalue weighted by Crippen LogP contribution is -2.35. The number of fused-ring (bicyclic) bond motifs is 1. The Bertz CT molecular complexity index is 427. The molecule has 1 aliphatic carbocycles. The lowest BCUT2D eigenvalue weighted by atomic mass is 9.72. The third-order valence-corrected chi connectivity index (χ3v) is 6.26. The molecule has 3 aliphatic heterocycles. The maximum absolute atomic E-state index is 5.63. The number of allylic oxidation sites excluding steroid dienone is 2. The molecule has 7 unspecified atom stereocenters. The number of nitrogens with one attached hydrogen (secondary N) is 1. The second kappa shape index (κ2) is 5.85. The first-order valence-electron chi connectivity index (χ1n) is 8.84. The minimum absolute atomic E-state index is 0.387. The van der Waals surface area contributed by atoms with Crippen LogP contribution in [-0.4, -0.2) is 32.1 Å². The highest BCUT2D eigenvalue weighted by atomic mass is 16.5. The summed E-state index contributed by atoms with van der Waals surface area (Å²) in [7, 11) is 0. The molecule has 0 aromatic heterocycles. The van der Waals surface area contributed by atoms with Crippen molar-refractivity contribution in [2.24, 2.45) is 40.5 Å². The molecule has 0 bridgehead atoms. The topological polar surface area (TPSA) is 33.6 Å². The third kappa shape index (κ3) is 2.70. The Balaban J connectivity index is 1.46. The van der Waals surface area contributed by atoms with Gasteiger partial charge in [-0.2, -0.15) is 0 Å². The largest absolute Gasteiger partial charge is 0.381 e. The molecule has 2 fully saturated rings. The van der Waals surface area contributed by atoms with E-state index in [9.17, 15) is 0 Å². The number of ether oxygens (including phenoxy) is 1. The highest BCUT2D eigenvalue weighted by Gasteiger charge is 2.44. The molecular formula is C18H28N2O. The molecule has 1 N–H and O–H groups in total. The lowest BCUT2D eigenvalue weighted by Gasteiger charge is -2.35. The van der Waals surface area contributed by atoms with Gasteiger partial charge in [0, 0.05) is 31.9 Å². The van der Waals surface area contributed by atoms with E-state index in [4.69, 9.17) is 9.73 Å². The zero-order chi connectivity index (χ0) is 14.2. The molecule has 3 heteroatoms. The molecule has 0 radical (unpaired) electrons. The molecule has 4 rings (SSSR count). The van der Waals surface area contributed by atoms with Crippen LogP contribution in [0.4, 0.5) is 0 Å². The molecule has 0 spiro atoms. The Morgan fingerprint density at radius 1 is 1.10 bits per heavy atom. The number of rotatable bonds is 2. The van der Waals surface area contributed by atoms with Crippen molar-refractivity contribution in [3.05, 3.63) is 12.2 Å². The van der Waals surface area contributed by atoms with Gasteiger partial charge in [0.2, 0.25) is 0 Å². The smallest absolute Gasteiger partial charge is 0.102 e. The predicted molar refractivity (Wildman–Crippen MR) is 85.3 cm³/mol. The summed E-state index contributed by atoms with van der Waals surface area (Å²) in [6.07, 6.45) is 12.8. The molecule has 7 atom stereocenters. The van der Waals surface area contributed by atoms with Crippen LogP contribution >= 0.6 is 0 Å². The number of hydrogen-bond donors (Lipinski definition) is 1. The quantitative estimate of drug-likeness (QED) is 0.793. The Morgan fingerprint density at radius 2 is 2.05 bits per heavy atom. The van der Waals surface area contributed by atoms with Gasteiger partial charge in [0.15, 0.2) is 0 Å². The van der Waals surface area contributed by atoms with Crippen molar-refractivity contribution < 1.29 is 4.74 Å². The monoisotopic (exact) mass is 288 g/mol. The minimum Gasteiger partial charge on any atom is -0.381 e. The van der Waals surface area contributed by atoms with Gasteiger partial charge in [-0.1, -0.05) is 19.1 Å². The predicted octanol–water partition coefficient (Wildman–Crippen LogP) is 2.88. The molecule has 0 aromatic rings. The van der Waals surface area contributed by atoms with Crippen LogP contribution in [-0.2, 0) is 4.74 Å². The minimum atomic E-state index is 0.387. The van der Waals surface area contributed by atoms with E-state index in [0.29, 0.717) is 12.1 Å². The van der Waals surface area contributed by atoms with E-state index >= 15 is 0 Å². The van der Waals surface area contributed by atoms with Gasteiger partial charge in [-0.25, -0.2) is 0 Å². The second-order valence-electron chi connectivity index (χ2n) is 7.61. The molecule has 0 saturated carbocycles. The van der Waals surface area contributed by atoms with Crippen LogP contribution in [0.1, 0.15) is 32.6 Å². The van der Waals surface area contributed by atoms with E-state index in [1.807, 2.05) is 0 Å². The molecule has 0 amide bonds. The van der Waals surface area contributed by atoms with Crippen LogP contribution in [0.25, 0.3) is 0 Å². The molecule has 116 valence electrons. The van der Waals surface area contributed by atoms with Gasteiger partial charge < -0.3 is 4.74 Å². The summed E-state index contributed by atoms with van der Waals surface area (Å²) in [4.78, 5) is 4.88. The van der Waals surface area contributed by atoms with Crippen LogP contribution in [0.3, 0.4) is 0 Å². The SMILES string of the molecule is CC1C=CC(C2C=NC3NCC(C4CCOC4)C3C2)CC1. The zero-order valence-corrected chi connectivity index (χ0v) is 13.1. The normalized spacial score (nSPS) is 49.5. The summed E-state index contributed by atoms with van der Waals surface area (Å²) in [5, 5.41) is 3.64. The van der Waals surface area contributed by atoms with Crippen LogP contribution in [0, 0.1) is 35.5 Å². The van der Waals surface area contributed by atoms with Gasteiger partial charge in [-0.3, -0.25) is 10.3 Å². The van der Waals surface area contributed by atoms with Gasteiger partial charge >= 0.3 is 0 Å². The molecule has 3 nitrogen and oxygen atoms in total. The number of nitrogens with zero attached hydrogens (tertiary/aromatic N) is 1. The highest BCUT2D eigenvalue weighted by Crippen LogP contribution is 2.42. The summed E-state index contributed by atoms with van der Waals surface area (Å²) in [5.41, 5.74) is 0. The molecule has 4 aliphatic rings. The van der Waals surface area contributed by atoms with E-state index in [1.165, 1.54) is 25.7 Å². The lowest BCUT2D eigenvalue weighted by molar-refractivity contribution is 0.154. The van der Waals surface area contributed by atoms with Gasteiger partial charge in [-0.05, 0) is 55.3 Å². The van der Waals surface area contributed by atoms with Crippen molar-refractivity contribution in [3.8, 4) is 0 Å². The van der Waals surface area contributed by atoms with Crippen molar-refractivity contribution >= 4 is 6.21 Å². The van der Waals surface area contributed by atoms with Crippen molar-refractivity contribution in [1.29, 1.82) is 0 Å². The Labute approximate surface area is 128 Å². The summed E-state index contributed by atoms with van der Waals surface area (Å²) < 4.78 is 5.63. The fourth-order valence-corrected chi connectivity index (χ4v) is 4.87. The third-order valence-electron chi connectivity index (χ3n) is 6.26. The second-order valence-corrected chi connectivity index (χ2v) is 7.61. The van der Waals surface area contributed by atoms with E-state index < -0.39 is 0 Å². The van der Waals surface area contributed by atoms with Crippen molar-refractivity contribution in [1.82, 2.24) is 5.32 Å². The molecule has 0 aromatic carbocycles. The van der Waals surface area contributed by atoms with Crippen LogP contribution in [0.15, 0.2) is 17.1 Å². The molecule has 3 heterocycles. The zero-order valence-electron chi connectivity index (χ0n) is 13.1. The fraction of sp³-hybridized carbons (Fsp3) is 0.833. The highest BCUT2D eigenvalue weighted by molar-refractivity contribution is 5.63. The summed E-state index contributed by atoms with van der Waals surface area (Å²) in [6, 6.07) is 0. The molecule has 21 heavy (non-hydrogen) atoms. The first kappa shape index (κ1) is 14.0. The average molecular weight is 288 g/mol. The van der Waals surface area contributed by atoms with Crippen molar-refractivity contribution in [2.75, 3.05) is 19.8 Å². The first-order valence-corrected chi connectivity index (χ1v) is 8.84.